The van der Waals surface area contributed by atoms with Crippen molar-refractivity contribution < 1.29 is 14.4 Å². The van der Waals surface area contributed by atoms with Gasteiger partial charge in [-0.25, -0.2) is 0 Å². The summed E-state index contributed by atoms with van der Waals surface area (Å²) in [6.07, 6.45) is 0. The molecule has 1 rings (SSSR count). The molecule has 1 heterocycles. The van der Waals surface area contributed by atoms with Crippen LogP contribution < -0.4 is 5.32 Å². The first kappa shape index (κ1) is 12.6. The van der Waals surface area contributed by atoms with E-state index in [0.29, 0.717) is 0 Å². The van der Waals surface area contributed by atoms with Gasteiger partial charge in [-0.05, 0) is 27.9 Å². The SMILES string of the molecule is CN(C)CC(=O)N1CC(=O)NC(=O)C1(C)C. The van der Waals surface area contributed by atoms with E-state index in [9.17, 15) is 14.4 Å². The third-order valence-electron chi connectivity index (χ3n) is 2.54. The standard InChI is InChI=1S/C10H17N3O3/c1-10(2)9(16)11-7(14)5-13(10)8(15)6-12(3)4/h5-6H2,1-4H3,(H,11,14,16). The normalized spacial score (nSPS) is 19.9. The van der Waals surface area contributed by atoms with Crippen LogP contribution in [0, 0.1) is 0 Å². The molecule has 16 heavy (non-hydrogen) atoms. The maximum Gasteiger partial charge on any atom is 0.252 e. The van der Waals surface area contributed by atoms with E-state index < -0.39 is 17.4 Å². The van der Waals surface area contributed by atoms with Crippen LogP contribution in [0.25, 0.3) is 0 Å². The summed E-state index contributed by atoms with van der Waals surface area (Å²) in [5, 5.41) is 2.22. The molecule has 0 aromatic rings. The fraction of sp³-hybridized carbons (Fsp3) is 0.700. The van der Waals surface area contributed by atoms with Gasteiger partial charge in [0.1, 0.15) is 12.1 Å². The van der Waals surface area contributed by atoms with Gasteiger partial charge in [-0.2, -0.15) is 0 Å². The van der Waals surface area contributed by atoms with Crippen molar-refractivity contribution in [2.45, 2.75) is 19.4 Å². The summed E-state index contributed by atoms with van der Waals surface area (Å²) in [6.45, 7) is 3.38. The van der Waals surface area contributed by atoms with Gasteiger partial charge in [0.05, 0.1) is 6.54 Å². The molecular weight excluding hydrogens is 210 g/mol. The molecule has 1 aliphatic rings. The second-order valence-corrected chi connectivity index (χ2v) is 4.65. The molecule has 0 aromatic heterocycles. The third kappa shape index (κ3) is 2.38. The highest BCUT2D eigenvalue weighted by molar-refractivity contribution is 6.06. The molecule has 90 valence electrons. The van der Waals surface area contributed by atoms with Crippen LogP contribution in [0.3, 0.4) is 0 Å². The minimum absolute atomic E-state index is 0.0641. The highest BCUT2D eigenvalue weighted by atomic mass is 16.2. The summed E-state index contributed by atoms with van der Waals surface area (Å²) in [7, 11) is 3.52. The molecule has 6 nitrogen and oxygen atoms in total. The highest BCUT2D eigenvalue weighted by Crippen LogP contribution is 2.18. The van der Waals surface area contributed by atoms with E-state index in [1.807, 2.05) is 0 Å². The van der Waals surface area contributed by atoms with E-state index in [4.69, 9.17) is 0 Å². The summed E-state index contributed by atoms with van der Waals surface area (Å²) in [4.78, 5) is 37.7. The zero-order valence-corrected chi connectivity index (χ0v) is 10.0. The average Bonchev–Trinajstić information content (AvgIpc) is 2.10. The number of hydrogen-bond acceptors (Lipinski definition) is 4. The van der Waals surface area contributed by atoms with E-state index in [1.165, 1.54) is 4.90 Å². The van der Waals surface area contributed by atoms with Gasteiger partial charge in [-0.3, -0.25) is 19.7 Å². The number of nitrogens with zero attached hydrogens (tertiary/aromatic N) is 2. The van der Waals surface area contributed by atoms with Crippen LogP contribution in [0.5, 0.6) is 0 Å². The third-order valence-corrected chi connectivity index (χ3v) is 2.54. The van der Waals surface area contributed by atoms with Crippen molar-refractivity contribution in [2.24, 2.45) is 0 Å². The monoisotopic (exact) mass is 227 g/mol. The molecule has 0 aliphatic carbocycles. The lowest BCUT2D eigenvalue weighted by Gasteiger charge is -2.40. The van der Waals surface area contributed by atoms with Crippen LogP contribution in [0.1, 0.15) is 13.8 Å². The van der Waals surface area contributed by atoms with Crippen molar-refractivity contribution >= 4 is 17.7 Å². The van der Waals surface area contributed by atoms with Gasteiger partial charge in [0.25, 0.3) is 5.91 Å². The topological polar surface area (TPSA) is 69.7 Å². The Labute approximate surface area is 94.6 Å². The maximum atomic E-state index is 11.9. The summed E-state index contributed by atoms with van der Waals surface area (Å²) in [6, 6.07) is 0. The van der Waals surface area contributed by atoms with Gasteiger partial charge in [-0.1, -0.05) is 0 Å². The van der Waals surface area contributed by atoms with Crippen molar-refractivity contribution in [1.82, 2.24) is 15.1 Å². The van der Waals surface area contributed by atoms with E-state index in [-0.39, 0.29) is 19.0 Å². The predicted octanol–water partition coefficient (Wildman–Crippen LogP) is -1.19. The molecule has 1 saturated heterocycles. The van der Waals surface area contributed by atoms with Crippen molar-refractivity contribution in [3.8, 4) is 0 Å². The van der Waals surface area contributed by atoms with Crippen molar-refractivity contribution in [3.05, 3.63) is 0 Å². The zero-order chi connectivity index (χ0) is 12.5. The van der Waals surface area contributed by atoms with E-state index >= 15 is 0 Å². The van der Waals surface area contributed by atoms with E-state index in [2.05, 4.69) is 5.32 Å². The maximum absolute atomic E-state index is 11.9. The van der Waals surface area contributed by atoms with Crippen LogP contribution in [0.4, 0.5) is 0 Å². The average molecular weight is 227 g/mol. The molecule has 0 aromatic carbocycles. The minimum atomic E-state index is -0.971. The first-order valence-corrected chi connectivity index (χ1v) is 5.04. The molecule has 1 fully saturated rings. The van der Waals surface area contributed by atoms with Gasteiger partial charge < -0.3 is 9.80 Å². The molecule has 1 N–H and O–H groups in total. The first-order valence-electron chi connectivity index (χ1n) is 5.04. The zero-order valence-electron chi connectivity index (χ0n) is 10.0. The Morgan fingerprint density at radius 1 is 1.44 bits per heavy atom. The molecule has 3 amide bonds. The lowest BCUT2D eigenvalue weighted by molar-refractivity contribution is -0.155. The number of piperazine rings is 1. The summed E-state index contributed by atoms with van der Waals surface area (Å²) in [5.74, 6) is -1.09. The van der Waals surface area contributed by atoms with Gasteiger partial charge >= 0.3 is 0 Å². The van der Waals surface area contributed by atoms with Crippen molar-refractivity contribution in [2.75, 3.05) is 27.2 Å². The smallest absolute Gasteiger partial charge is 0.252 e. The lowest BCUT2D eigenvalue weighted by atomic mass is 9.98. The summed E-state index contributed by atoms with van der Waals surface area (Å²) in [5.41, 5.74) is -0.971. The van der Waals surface area contributed by atoms with E-state index in [1.54, 1.807) is 32.8 Å². The van der Waals surface area contributed by atoms with Crippen LogP contribution in [0.15, 0.2) is 0 Å². The second-order valence-electron chi connectivity index (χ2n) is 4.65. The molecule has 0 bridgehead atoms. The molecule has 0 atom stereocenters. The number of likely N-dealkylation sites (N-methyl/N-ethyl adjacent to an activating group) is 1. The fourth-order valence-electron chi connectivity index (χ4n) is 1.54. The Morgan fingerprint density at radius 2 is 2.00 bits per heavy atom. The Morgan fingerprint density at radius 3 is 2.50 bits per heavy atom. The summed E-state index contributed by atoms with van der Waals surface area (Å²) >= 11 is 0. The number of rotatable bonds is 2. The van der Waals surface area contributed by atoms with Gasteiger partial charge in [0.2, 0.25) is 11.8 Å². The van der Waals surface area contributed by atoms with Crippen LogP contribution in [-0.2, 0) is 14.4 Å². The lowest BCUT2D eigenvalue weighted by Crippen LogP contribution is -2.66. The quantitative estimate of drug-likeness (QED) is 0.602. The van der Waals surface area contributed by atoms with Crippen molar-refractivity contribution in [3.63, 3.8) is 0 Å². The predicted molar refractivity (Wildman–Crippen MR) is 57.5 cm³/mol. The largest absolute Gasteiger partial charge is 0.318 e. The number of carbonyl (C=O) groups excluding carboxylic acids is 3. The Balaban J connectivity index is 2.87. The van der Waals surface area contributed by atoms with Gasteiger partial charge in [-0.15, -0.1) is 0 Å². The fourth-order valence-corrected chi connectivity index (χ4v) is 1.54. The Kier molecular flexibility index (Phi) is 3.32. The van der Waals surface area contributed by atoms with Crippen LogP contribution in [0.2, 0.25) is 0 Å². The van der Waals surface area contributed by atoms with E-state index in [0.717, 1.165) is 0 Å². The second kappa shape index (κ2) is 4.21. The Bertz CT molecular complexity index is 336. The van der Waals surface area contributed by atoms with Gasteiger partial charge in [0, 0.05) is 0 Å². The Hall–Kier alpha value is -1.43. The molecular formula is C10H17N3O3. The molecule has 6 heteroatoms. The molecule has 0 unspecified atom stereocenters. The number of carbonyl (C=O) groups is 3. The van der Waals surface area contributed by atoms with Gasteiger partial charge in [0.15, 0.2) is 0 Å². The van der Waals surface area contributed by atoms with Crippen LogP contribution in [-0.4, -0.2) is 60.2 Å². The molecule has 0 spiro atoms. The number of hydrogen-bond donors (Lipinski definition) is 1. The summed E-state index contributed by atoms with van der Waals surface area (Å²) < 4.78 is 0. The number of nitrogens with one attached hydrogen (secondary N) is 1. The van der Waals surface area contributed by atoms with Crippen LogP contribution >= 0.6 is 0 Å². The molecule has 0 saturated carbocycles. The van der Waals surface area contributed by atoms with Crippen molar-refractivity contribution in [1.29, 1.82) is 0 Å². The molecule has 0 radical (unpaired) electrons. The molecule has 1 aliphatic heterocycles. The number of amides is 3. The first-order chi connectivity index (χ1) is 7.25. The highest BCUT2D eigenvalue weighted by Gasteiger charge is 2.43. The number of imide groups is 1. The minimum Gasteiger partial charge on any atom is -0.318 e.